The highest BCUT2D eigenvalue weighted by Gasteiger charge is 2.20. The zero-order valence-electron chi connectivity index (χ0n) is 13.1. The third-order valence-corrected chi connectivity index (χ3v) is 4.52. The summed E-state index contributed by atoms with van der Waals surface area (Å²) in [4.78, 5) is 0. The van der Waals surface area contributed by atoms with Crippen LogP contribution >= 0.6 is 0 Å². The molecule has 0 nitrogen and oxygen atoms in total. The van der Waals surface area contributed by atoms with Gasteiger partial charge in [-0.2, -0.15) is 0 Å². The van der Waals surface area contributed by atoms with Crippen LogP contribution in [-0.2, 0) is 0 Å². The highest BCUT2D eigenvalue weighted by atomic mass is 14.3. The largest absolute Gasteiger partial charge is 0.0776 e. The Labute approximate surface area is 121 Å². The van der Waals surface area contributed by atoms with Gasteiger partial charge in [-0.15, -0.1) is 0 Å². The molecule has 1 saturated carbocycles. The Kier molecular flexibility index (Phi) is 8.06. The molecule has 0 aliphatic heterocycles. The molecule has 0 radical (unpaired) electrons. The molecule has 0 bridgehead atoms. The van der Waals surface area contributed by atoms with E-state index in [1.54, 1.807) is 0 Å². The molecule has 3 unspecified atom stereocenters. The summed E-state index contributed by atoms with van der Waals surface area (Å²) < 4.78 is 0. The first-order valence-electron chi connectivity index (χ1n) is 7.44. The smallest absolute Gasteiger partial charge is 0.0395 e. The van der Waals surface area contributed by atoms with Gasteiger partial charge in [-0.25, -0.2) is 0 Å². The van der Waals surface area contributed by atoms with Crippen LogP contribution in [0.15, 0.2) is 18.2 Å². The fourth-order valence-electron chi connectivity index (χ4n) is 2.71. The van der Waals surface area contributed by atoms with Crippen molar-refractivity contribution in [3.8, 4) is 0 Å². The summed E-state index contributed by atoms with van der Waals surface area (Å²) in [5, 5.41) is 0. The van der Waals surface area contributed by atoms with Crippen molar-refractivity contribution in [3.05, 3.63) is 34.9 Å². The van der Waals surface area contributed by atoms with E-state index in [1.165, 1.54) is 36.0 Å². The van der Waals surface area contributed by atoms with Gasteiger partial charge in [0.2, 0.25) is 0 Å². The minimum atomic E-state index is 0. The van der Waals surface area contributed by atoms with Crippen LogP contribution in [0.3, 0.4) is 0 Å². The molecule has 1 aliphatic rings. The van der Waals surface area contributed by atoms with Crippen molar-refractivity contribution in [1.29, 1.82) is 0 Å². The molecule has 1 fully saturated rings. The van der Waals surface area contributed by atoms with Crippen LogP contribution in [0.25, 0.3) is 0 Å². The van der Waals surface area contributed by atoms with Gasteiger partial charge in [0.15, 0.2) is 0 Å². The van der Waals surface area contributed by atoms with Crippen molar-refractivity contribution in [1.82, 2.24) is 0 Å². The summed E-state index contributed by atoms with van der Waals surface area (Å²) in [5.41, 5.74) is 4.11. The van der Waals surface area contributed by atoms with E-state index in [1.807, 2.05) is 0 Å². The molecule has 1 aromatic carbocycles. The maximum atomic E-state index is 2.39. The fourth-order valence-corrected chi connectivity index (χ4v) is 2.71. The maximum Gasteiger partial charge on any atom is -0.0395 e. The summed E-state index contributed by atoms with van der Waals surface area (Å²) in [6, 6.07) is 6.50. The third kappa shape index (κ3) is 6.27. The van der Waals surface area contributed by atoms with Gasteiger partial charge in [0, 0.05) is 0 Å². The zero-order valence-corrected chi connectivity index (χ0v) is 13.1. The van der Waals surface area contributed by atoms with Crippen molar-refractivity contribution in [3.63, 3.8) is 0 Å². The Bertz CT molecular complexity index is 364. The Morgan fingerprint density at radius 1 is 0.842 bits per heavy atom. The number of hydrogen-bond donors (Lipinski definition) is 0. The Morgan fingerprint density at radius 2 is 1.47 bits per heavy atom. The minimum absolute atomic E-state index is 0. The van der Waals surface area contributed by atoms with Gasteiger partial charge >= 0.3 is 0 Å². The number of hydrogen-bond acceptors (Lipinski definition) is 0. The van der Waals surface area contributed by atoms with Gasteiger partial charge in [-0.05, 0) is 56.1 Å². The lowest BCUT2D eigenvalue weighted by molar-refractivity contribution is 0.220. The van der Waals surface area contributed by atoms with Crippen molar-refractivity contribution < 1.29 is 0 Å². The molecule has 0 saturated heterocycles. The molecule has 1 aromatic rings. The second-order valence-electron chi connectivity index (χ2n) is 6.46. The number of rotatable bonds is 0. The van der Waals surface area contributed by atoms with Crippen molar-refractivity contribution in [2.45, 2.75) is 68.2 Å². The van der Waals surface area contributed by atoms with Gasteiger partial charge in [-0.3, -0.25) is 0 Å². The normalized spacial score (nSPS) is 25.9. The zero-order chi connectivity index (χ0) is 13.7. The quantitative estimate of drug-likeness (QED) is 0.512. The molecular formula is C19H34. The van der Waals surface area contributed by atoms with E-state index in [0.29, 0.717) is 0 Å². The molecular weight excluding hydrogens is 228 g/mol. The molecule has 0 spiro atoms. The Morgan fingerprint density at radius 3 is 1.89 bits per heavy atom. The van der Waals surface area contributed by atoms with E-state index < -0.39 is 0 Å². The van der Waals surface area contributed by atoms with Gasteiger partial charge in [0.25, 0.3) is 0 Å². The van der Waals surface area contributed by atoms with Gasteiger partial charge in [0.1, 0.15) is 0 Å². The fraction of sp³-hybridized carbons (Fsp3) is 0.684. The molecule has 19 heavy (non-hydrogen) atoms. The summed E-state index contributed by atoms with van der Waals surface area (Å²) in [6.07, 6.45) is 4.38. The lowest BCUT2D eigenvalue weighted by Gasteiger charge is -2.29. The van der Waals surface area contributed by atoms with Crippen LogP contribution in [0.1, 0.15) is 64.2 Å². The first-order valence-corrected chi connectivity index (χ1v) is 7.44. The molecule has 0 aromatic heterocycles. The van der Waals surface area contributed by atoms with Gasteiger partial charge < -0.3 is 0 Å². The first kappa shape index (κ1) is 18.2. The molecule has 0 N–H and O–H groups in total. The summed E-state index contributed by atoms with van der Waals surface area (Å²) in [6.45, 7) is 13.5. The maximum absolute atomic E-state index is 2.39. The molecule has 2 rings (SSSR count). The van der Waals surface area contributed by atoms with E-state index in [2.05, 4.69) is 59.7 Å². The monoisotopic (exact) mass is 262 g/mol. The topological polar surface area (TPSA) is 0 Å². The van der Waals surface area contributed by atoms with E-state index in [0.717, 1.165) is 17.8 Å². The lowest BCUT2D eigenvalue weighted by atomic mass is 9.77. The standard InChI is InChI=1S/C9H18.C9H12.CH4/c2*1-7-4-5-8(2)9(3)6-7;/h7-9H,4-6H2,1-3H3;4-6H,1-3H3;1H4. The Balaban J connectivity index is 0.000000324. The van der Waals surface area contributed by atoms with Crippen molar-refractivity contribution >= 4 is 0 Å². The van der Waals surface area contributed by atoms with E-state index in [4.69, 9.17) is 0 Å². The second kappa shape index (κ2) is 8.40. The highest BCUT2D eigenvalue weighted by Crippen LogP contribution is 2.32. The third-order valence-electron chi connectivity index (χ3n) is 4.52. The average Bonchev–Trinajstić information content (AvgIpc) is 2.30. The van der Waals surface area contributed by atoms with E-state index >= 15 is 0 Å². The lowest BCUT2D eigenvalue weighted by Crippen LogP contribution is -2.18. The predicted octanol–water partition coefficient (Wildman–Crippen LogP) is 6.33. The highest BCUT2D eigenvalue weighted by molar-refractivity contribution is 5.28. The summed E-state index contributed by atoms with van der Waals surface area (Å²) >= 11 is 0. The molecule has 0 heterocycles. The molecule has 1 aliphatic carbocycles. The number of benzene rings is 1. The predicted molar refractivity (Wildman–Crippen MR) is 88.7 cm³/mol. The number of aryl methyl sites for hydroxylation is 3. The van der Waals surface area contributed by atoms with Crippen LogP contribution in [0, 0.1) is 38.5 Å². The van der Waals surface area contributed by atoms with Crippen molar-refractivity contribution in [2.24, 2.45) is 17.8 Å². The second-order valence-corrected chi connectivity index (χ2v) is 6.46. The van der Waals surface area contributed by atoms with Gasteiger partial charge in [-0.1, -0.05) is 64.8 Å². The van der Waals surface area contributed by atoms with Crippen LogP contribution in [0.4, 0.5) is 0 Å². The molecule has 0 amide bonds. The van der Waals surface area contributed by atoms with Crippen LogP contribution in [0.5, 0.6) is 0 Å². The summed E-state index contributed by atoms with van der Waals surface area (Å²) in [7, 11) is 0. The van der Waals surface area contributed by atoms with Crippen LogP contribution in [-0.4, -0.2) is 0 Å². The van der Waals surface area contributed by atoms with E-state index in [-0.39, 0.29) is 7.43 Å². The van der Waals surface area contributed by atoms with E-state index in [9.17, 15) is 0 Å². The molecule has 3 atom stereocenters. The molecule has 0 heteroatoms. The molecule has 110 valence electrons. The van der Waals surface area contributed by atoms with Crippen LogP contribution in [0.2, 0.25) is 0 Å². The summed E-state index contributed by atoms with van der Waals surface area (Å²) in [5.74, 6) is 2.96. The Hall–Kier alpha value is -0.780. The minimum Gasteiger partial charge on any atom is -0.0776 e. The average molecular weight is 262 g/mol. The SMILES string of the molecule is C.CC1CCC(C)C(C)C1.Cc1ccc(C)c(C)c1. The van der Waals surface area contributed by atoms with Crippen molar-refractivity contribution in [2.75, 3.05) is 0 Å². The van der Waals surface area contributed by atoms with Gasteiger partial charge in [0.05, 0.1) is 0 Å². The van der Waals surface area contributed by atoms with Crippen LogP contribution < -0.4 is 0 Å². The first-order chi connectivity index (χ1) is 8.40.